The summed E-state index contributed by atoms with van der Waals surface area (Å²) in [4.78, 5) is 35.2. The predicted octanol–water partition coefficient (Wildman–Crippen LogP) is 2.13. The summed E-state index contributed by atoms with van der Waals surface area (Å²) in [6.45, 7) is 2.40. The van der Waals surface area contributed by atoms with E-state index in [0.29, 0.717) is 29.4 Å². The lowest BCUT2D eigenvalue weighted by atomic mass is 10.2. The van der Waals surface area contributed by atoms with Gasteiger partial charge in [-0.1, -0.05) is 6.07 Å². The van der Waals surface area contributed by atoms with Crippen LogP contribution in [0.5, 0.6) is 0 Å². The van der Waals surface area contributed by atoms with Gasteiger partial charge in [-0.15, -0.1) is 0 Å². The van der Waals surface area contributed by atoms with Crippen LogP contribution in [0.1, 0.15) is 36.7 Å². The van der Waals surface area contributed by atoms with Gasteiger partial charge in [0.05, 0.1) is 18.6 Å². The van der Waals surface area contributed by atoms with Crippen LogP contribution in [-0.4, -0.2) is 58.8 Å². The fourth-order valence-corrected chi connectivity index (χ4v) is 4.30. The molecule has 1 saturated carbocycles. The number of aliphatic hydroxyl groups is 1. The van der Waals surface area contributed by atoms with Crippen molar-refractivity contribution in [2.75, 3.05) is 5.32 Å². The van der Waals surface area contributed by atoms with E-state index in [-0.39, 0.29) is 18.4 Å². The number of imidazole rings is 1. The fourth-order valence-electron chi connectivity index (χ4n) is 4.30. The molecule has 1 saturated heterocycles. The van der Waals surface area contributed by atoms with Gasteiger partial charge in [-0.3, -0.25) is 19.3 Å². The van der Waals surface area contributed by atoms with Gasteiger partial charge in [0.2, 0.25) is 5.91 Å². The van der Waals surface area contributed by atoms with Crippen LogP contribution in [0.2, 0.25) is 0 Å². The smallest absolute Gasteiger partial charge is 0.249 e. The first-order valence-electron chi connectivity index (χ1n) is 12.0. The number of nitrogens with zero attached hydrogens (tertiary/aromatic N) is 6. The van der Waals surface area contributed by atoms with E-state index < -0.39 is 18.4 Å². The number of anilines is 1. The van der Waals surface area contributed by atoms with Crippen molar-refractivity contribution in [2.45, 2.75) is 57.2 Å². The SMILES string of the molecule is Cc1cncc(-c2nc(NCc3ccccn3)c3ncn([C@@H]4O[C@H](C(=O)NC5CC5)C[C@H]4O)c3n2)c1. The van der Waals surface area contributed by atoms with Crippen LogP contribution in [0.4, 0.5) is 5.82 Å². The van der Waals surface area contributed by atoms with E-state index in [1.807, 2.05) is 31.2 Å². The lowest BCUT2D eigenvalue weighted by Crippen LogP contribution is -2.35. The van der Waals surface area contributed by atoms with Crippen LogP contribution < -0.4 is 10.6 Å². The molecule has 1 aliphatic carbocycles. The van der Waals surface area contributed by atoms with Crippen LogP contribution in [0.15, 0.2) is 49.2 Å². The average molecular weight is 487 g/mol. The third-order valence-corrected chi connectivity index (χ3v) is 6.30. The molecule has 3 N–H and O–H groups in total. The number of aliphatic hydroxyl groups excluding tert-OH is 1. The Morgan fingerprint density at radius 1 is 1.22 bits per heavy atom. The number of amides is 1. The largest absolute Gasteiger partial charge is 0.388 e. The number of pyridine rings is 2. The molecule has 2 fully saturated rings. The Morgan fingerprint density at radius 3 is 2.89 bits per heavy atom. The molecule has 0 aromatic carbocycles. The van der Waals surface area contributed by atoms with Crippen molar-refractivity contribution in [3.8, 4) is 11.4 Å². The molecule has 36 heavy (non-hydrogen) atoms. The van der Waals surface area contributed by atoms with E-state index in [0.717, 1.165) is 29.7 Å². The summed E-state index contributed by atoms with van der Waals surface area (Å²) in [5.41, 5.74) is 3.59. The maximum Gasteiger partial charge on any atom is 0.249 e. The van der Waals surface area contributed by atoms with E-state index in [2.05, 4.69) is 25.6 Å². The minimum absolute atomic E-state index is 0.192. The number of aryl methyl sites for hydroxylation is 1. The maximum atomic E-state index is 12.5. The number of carbonyl (C=O) groups is 1. The second kappa shape index (κ2) is 9.25. The Morgan fingerprint density at radius 2 is 2.11 bits per heavy atom. The van der Waals surface area contributed by atoms with Crippen molar-refractivity contribution >= 4 is 22.9 Å². The van der Waals surface area contributed by atoms with Gasteiger partial charge in [0.25, 0.3) is 0 Å². The number of aromatic nitrogens is 6. The van der Waals surface area contributed by atoms with Gasteiger partial charge in [0, 0.05) is 36.6 Å². The van der Waals surface area contributed by atoms with Gasteiger partial charge < -0.3 is 20.5 Å². The average Bonchev–Trinajstić information content (AvgIpc) is 3.46. The molecule has 11 nitrogen and oxygen atoms in total. The summed E-state index contributed by atoms with van der Waals surface area (Å²) in [6, 6.07) is 7.88. The first-order chi connectivity index (χ1) is 17.5. The van der Waals surface area contributed by atoms with Crippen molar-refractivity contribution in [1.82, 2.24) is 34.8 Å². The second-order valence-corrected chi connectivity index (χ2v) is 9.25. The zero-order valence-electron chi connectivity index (χ0n) is 19.7. The van der Waals surface area contributed by atoms with Crippen LogP contribution in [0.3, 0.4) is 0 Å². The van der Waals surface area contributed by atoms with E-state index >= 15 is 0 Å². The highest BCUT2D eigenvalue weighted by Crippen LogP contribution is 2.34. The Balaban J connectivity index is 1.36. The number of fused-ring (bicyclic) bond motifs is 1. The van der Waals surface area contributed by atoms with Gasteiger partial charge in [0.1, 0.15) is 12.2 Å². The molecule has 5 heterocycles. The summed E-state index contributed by atoms with van der Waals surface area (Å²) in [5, 5.41) is 17.1. The van der Waals surface area contributed by atoms with Gasteiger partial charge in [-0.25, -0.2) is 15.0 Å². The molecule has 1 aliphatic heterocycles. The van der Waals surface area contributed by atoms with E-state index in [4.69, 9.17) is 14.7 Å². The molecule has 0 radical (unpaired) electrons. The highest BCUT2D eigenvalue weighted by molar-refractivity contribution is 5.85. The molecule has 2 aliphatic rings. The quantitative estimate of drug-likeness (QED) is 0.358. The summed E-state index contributed by atoms with van der Waals surface area (Å²) in [7, 11) is 0. The molecule has 1 amide bonds. The van der Waals surface area contributed by atoms with E-state index in [1.165, 1.54) is 0 Å². The number of rotatable bonds is 7. The molecular formula is C25H26N8O3. The third-order valence-electron chi connectivity index (χ3n) is 6.30. The molecule has 4 aromatic heterocycles. The van der Waals surface area contributed by atoms with Crippen LogP contribution in [0, 0.1) is 6.92 Å². The number of carbonyl (C=O) groups excluding carboxylic acids is 1. The maximum absolute atomic E-state index is 12.5. The first-order valence-corrected chi connectivity index (χ1v) is 12.0. The monoisotopic (exact) mass is 486 g/mol. The van der Waals surface area contributed by atoms with E-state index in [1.54, 1.807) is 29.5 Å². The molecular weight excluding hydrogens is 460 g/mol. The standard InChI is InChI=1S/C25H26N8O3/c1-14-8-15(11-26-10-14)21-31-22(28-12-17-4-2-3-7-27-17)20-23(32-21)33(13-29-20)25-18(34)9-19(36-25)24(35)30-16-5-6-16/h2-4,7-8,10-11,13,16,18-19,25,34H,5-6,9,12H2,1H3,(H,30,35)(H,28,31,32)/t18-,19+,25-/m1/s1. The second-order valence-electron chi connectivity index (χ2n) is 9.25. The number of nitrogens with one attached hydrogen (secondary N) is 2. The Labute approximate surface area is 207 Å². The summed E-state index contributed by atoms with van der Waals surface area (Å²) >= 11 is 0. The van der Waals surface area contributed by atoms with Crippen molar-refractivity contribution < 1.29 is 14.6 Å². The fraction of sp³-hybridized carbons (Fsp3) is 0.360. The summed E-state index contributed by atoms with van der Waals surface area (Å²) in [6.07, 6.45) is 6.53. The van der Waals surface area contributed by atoms with Gasteiger partial charge in [-0.05, 0) is 43.5 Å². The lowest BCUT2D eigenvalue weighted by Gasteiger charge is -2.17. The topological polar surface area (TPSA) is 140 Å². The first kappa shape index (κ1) is 22.5. The molecule has 0 unspecified atom stereocenters. The normalized spacial score (nSPS) is 21.6. The van der Waals surface area contributed by atoms with Gasteiger partial charge in [0.15, 0.2) is 29.0 Å². The molecule has 0 spiro atoms. The zero-order chi connectivity index (χ0) is 24.6. The molecule has 6 rings (SSSR count). The molecule has 11 heteroatoms. The lowest BCUT2D eigenvalue weighted by molar-refractivity contribution is -0.134. The number of ether oxygens (including phenoxy) is 1. The minimum Gasteiger partial charge on any atom is -0.388 e. The van der Waals surface area contributed by atoms with Crippen molar-refractivity contribution in [2.24, 2.45) is 0 Å². The minimum atomic E-state index is -0.888. The van der Waals surface area contributed by atoms with Crippen molar-refractivity contribution in [1.29, 1.82) is 0 Å². The number of hydrogen-bond donors (Lipinski definition) is 3. The highest BCUT2D eigenvalue weighted by Gasteiger charge is 2.41. The highest BCUT2D eigenvalue weighted by atomic mass is 16.5. The molecule has 3 atom stereocenters. The van der Waals surface area contributed by atoms with Gasteiger partial charge >= 0.3 is 0 Å². The Bertz CT molecular complexity index is 1410. The van der Waals surface area contributed by atoms with Crippen LogP contribution in [0.25, 0.3) is 22.6 Å². The molecule has 184 valence electrons. The number of hydrogen-bond acceptors (Lipinski definition) is 9. The van der Waals surface area contributed by atoms with Crippen LogP contribution in [-0.2, 0) is 16.1 Å². The predicted molar refractivity (Wildman–Crippen MR) is 131 cm³/mol. The summed E-state index contributed by atoms with van der Waals surface area (Å²) in [5.74, 6) is 0.790. The van der Waals surface area contributed by atoms with Crippen molar-refractivity contribution in [3.05, 3.63) is 60.4 Å². The van der Waals surface area contributed by atoms with Crippen molar-refractivity contribution in [3.63, 3.8) is 0 Å². The molecule has 4 aromatic rings. The Kier molecular flexibility index (Phi) is 5.78. The summed E-state index contributed by atoms with van der Waals surface area (Å²) < 4.78 is 7.68. The van der Waals surface area contributed by atoms with E-state index in [9.17, 15) is 9.90 Å². The zero-order valence-corrected chi connectivity index (χ0v) is 19.7. The van der Waals surface area contributed by atoms with Crippen LogP contribution >= 0.6 is 0 Å². The van der Waals surface area contributed by atoms with Gasteiger partial charge in [-0.2, -0.15) is 0 Å². The third kappa shape index (κ3) is 4.50. The molecule has 0 bridgehead atoms. The Hall–Kier alpha value is -3.96.